The second-order valence-electron chi connectivity index (χ2n) is 4.16. The summed E-state index contributed by atoms with van der Waals surface area (Å²) in [6.45, 7) is 1.52. The number of hydrogen-bond donors (Lipinski definition) is 2. The highest BCUT2D eigenvalue weighted by Gasteiger charge is 2.13. The molecule has 0 bridgehead atoms. The molecule has 0 heterocycles. The van der Waals surface area contributed by atoms with E-state index in [1.165, 1.54) is 19.1 Å². The fraction of sp³-hybridized carbons (Fsp3) is 0.385. The van der Waals surface area contributed by atoms with Crippen LogP contribution in [0.1, 0.15) is 18.6 Å². The zero-order chi connectivity index (χ0) is 14.4. The number of aliphatic hydroxyl groups is 1. The van der Waals surface area contributed by atoms with Crippen LogP contribution in [0.4, 0.5) is 10.5 Å². The maximum atomic E-state index is 11.8. The highest BCUT2D eigenvalue weighted by Crippen LogP contribution is 2.17. The van der Waals surface area contributed by atoms with Crippen molar-refractivity contribution in [3.8, 4) is 0 Å². The molecule has 0 aromatic heterocycles. The van der Waals surface area contributed by atoms with Crippen molar-refractivity contribution in [3.63, 3.8) is 0 Å². The predicted octanol–water partition coefficient (Wildman–Crippen LogP) is 1.38. The summed E-state index contributed by atoms with van der Waals surface area (Å²) in [6.07, 6.45) is -0.607. The van der Waals surface area contributed by atoms with E-state index in [2.05, 4.69) is 10.1 Å². The molecule has 6 nitrogen and oxygen atoms in total. The summed E-state index contributed by atoms with van der Waals surface area (Å²) in [5.41, 5.74) is 1.26. The number of rotatable bonds is 4. The molecule has 0 fully saturated rings. The first-order valence-corrected chi connectivity index (χ1v) is 5.81. The van der Waals surface area contributed by atoms with Crippen molar-refractivity contribution >= 4 is 17.7 Å². The fourth-order valence-electron chi connectivity index (χ4n) is 1.43. The van der Waals surface area contributed by atoms with E-state index in [0.717, 1.165) is 0 Å². The molecule has 104 valence electrons. The van der Waals surface area contributed by atoms with Crippen LogP contribution in [0, 0.1) is 0 Å². The number of nitrogens with zero attached hydrogens (tertiary/aromatic N) is 1. The highest BCUT2D eigenvalue weighted by molar-refractivity contribution is 5.91. The zero-order valence-electron chi connectivity index (χ0n) is 11.2. The zero-order valence-corrected chi connectivity index (χ0v) is 11.2. The highest BCUT2D eigenvalue weighted by atomic mass is 16.5. The number of likely N-dealkylation sites (N-methyl/N-ethyl adjacent to an activating group) is 1. The third-order valence-electron chi connectivity index (χ3n) is 2.56. The minimum absolute atomic E-state index is 0.127. The molecule has 1 aromatic rings. The molecule has 1 aromatic carbocycles. The van der Waals surface area contributed by atoms with E-state index < -0.39 is 18.1 Å². The van der Waals surface area contributed by atoms with E-state index in [9.17, 15) is 14.7 Å². The minimum atomic E-state index is -0.607. The Morgan fingerprint density at radius 1 is 1.47 bits per heavy atom. The topological polar surface area (TPSA) is 78.9 Å². The van der Waals surface area contributed by atoms with Gasteiger partial charge in [0, 0.05) is 12.7 Å². The molecule has 0 aliphatic carbocycles. The molecule has 2 N–H and O–H groups in total. The van der Waals surface area contributed by atoms with Gasteiger partial charge in [0.1, 0.15) is 6.54 Å². The van der Waals surface area contributed by atoms with E-state index in [-0.39, 0.29) is 6.54 Å². The third-order valence-corrected chi connectivity index (χ3v) is 2.56. The van der Waals surface area contributed by atoms with Gasteiger partial charge in [-0.25, -0.2) is 4.79 Å². The molecule has 0 saturated heterocycles. The van der Waals surface area contributed by atoms with Crippen molar-refractivity contribution in [2.75, 3.05) is 26.0 Å². The van der Waals surface area contributed by atoms with Crippen LogP contribution in [-0.2, 0) is 9.53 Å². The first kappa shape index (κ1) is 15.0. The Morgan fingerprint density at radius 2 is 2.16 bits per heavy atom. The lowest BCUT2D eigenvalue weighted by molar-refractivity contribution is -0.140. The monoisotopic (exact) mass is 266 g/mol. The average Bonchev–Trinajstić information content (AvgIpc) is 2.38. The number of methoxy groups -OCH3 is 1. The molecule has 0 radical (unpaired) electrons. The van der Waals surface area contributed by atoms with Crippen molar-refractivity contribution in [1.29, 1.82) is 0 Å². The van der Waals surface area contributed by atoms with E-state index in [4.69, 9.17) is 0 Å². The molecule has 6 heteroatoms. The summed E-state index contributed by atoms with van der Waals surface area (Å²) in [5.74, 6) is -0.490. The number of benzene rings is 1. The van der Waals surface area contributed by atoms with Gasteiger partial charge in [-0.3, -0.25) is 4.79 Å². The molecule has 0 saturated carbocycles. The lowest BCUT2D eigenvalue weighted by atomic mass is 10.1. The Morgan fingerprint density at radius 3 is 2.74 bits per heavy atom. The smallest absolute Gasteiger partial charge is 0.325 e. The summed E-state index contributed by atoms with van der Waals surface area (Å²) < 4.78 is 4.48. The Labute approximate surface area is 112 Å². The molecule has 0 aliphatic rings. The maximum Gasteiger partial charge on any atom is 0.325 e. The molecular weight excluding hydrogens is 248 g/mol. The predicted molar refractivity (Wildman–Crippen MR) is 70.7 cm³/mol. The van der Waals surface area contributed by atoms with Crippen LogP contribution in [0.3, 0.4) is 0 Å². The summed E-state index contributed by atoms with van der Waals surface area (Å²) in [5, 5.41) is 12.1. The van der Waals surface area contributed by atoms with Gasteiger partial charge in [-0.2, -0.15) is 0 Å². The number of anilines is 1. The van der Waals surface area contributed by atoms with Crippen LogP contribution in [-0.4, -0.2) is 42.7 Å². The van der Waals surface area contributed by atoms with Crippen molar-refractivity contribution in [1.82, 2.24) is 4.90 Å². The second kappa shape index (κ2) is 6.75. The number of hydrogen-bond acceptors (Lipinski definition) is 4. The van der Waals surface area contributed by atoms with E-state index in [1.807, 2.05) is 0 Å². The Kier molecular flexibility index (Phi) is 5.32. The van der Waals surface area contributed by atoms with Gasteiger partial charge >= 0.3 is 12.0 Å². The number of amides is 2. The van der Waals surface area contributed by atoms with E-state index in [0.29, 0.717) is 11.3 Å². The maximum absolute atomic E-state index is 11.8. The third kappa shape index (κ3) is 4.59. The van der Waals surface area contributed by atoms with Gasteiger partial charge in [-0.15, -0.1) is 0 Å². The SMILES string of the molecule is COC(=O)CN(C)C(=O)Nc1cccc(C(C)O)c1. The minimum Gasteiger partial charge on any atom is -0.468 e. The average molecular weight is 266 g/mol. The van der Waals surface area contributed by atoms with Crippen LogP contribution in [0.25, 0.3) is 0 Å². The number of ether oxygens (including phenoxy) is 1. The van der Waals surface area contributed by atoms with Gasteiger partial charge in [0.15, 0.2) is 0 Å². The Hall–Kier alpha value is -2.08. The summed E-state index contributed by atoms with van der Waals surface area (Å²) in [7, 11) is 2.75. The van der Waals surface area contributed by atoms with Crippen molar-refractivity contribution in [3.05, 3.63) is 29.8 Å². The Bertz CT molecular complexity index is 460. The fourth-order valence-corrected chi connectivity index (χ4v) is 1.43. The summed E-state index contributed by atoms with van der Waals surface area (Å²) in [4.78, 5) is 24.0. The standard InChI is InChI=1S/C13H18N2O4/c1-9(16)10-5-4-6-11(7-10)14-13(18)15(2)8-12(17)19-3/h4-7,9,16H,8H2,1-3H3,(H,14,18). The van der Waals surface area contributed by atoms with Gasteiger partial charge in [0.2, 0.25) is 0 Å². The van der Waals surface area contributed by atoms with Crippen LogP contribution in [0.2, 0.25) is 0 Å². The van der Waals surface area contributed by atoms with Gasteiger partial charge < -0.3 is 20.1 Å². The number of esters is 1. The number of carbonyl (C=O) groups is 2. The summed E-state index contributed by atoms with van der Waals surface area (Å²) >= 11 is 0. The van der Waals surface area contributed by atoms with Gasteiger partial charge in [0.25, 0.3) is 0 Å². The van der Waals surface area contributed by atoms with Crippen LogP contribution in [0.15, 0.2) is 24.3 Å². The van der Waals surface area contributed by atoms with E-state index in [1.54, 1.807) is 31.2 Å². The second-order valence-corrected chi connectivity index (χ2v) is 4.16. The molecule has 1 rings (SSSR count). The lowest BCUT2D eigenvalue weighted by Gasteiger charge is -2.17. The quantitative estimate of drug-likeness (QED) is 0.807. The lowest BCUT2D eigenvalue weighted by Crippen LogP contribution is -2.35. The van der Waals surface area contributed by atoms with Crippen molar-refractivity contribution in [2.24, 2.45) is 0 Å². The Balaban J connectivity index is 2.66. The molecule has 19 heavy (non-hydrogen) atoms. The van der Waals surface area contributed by atoms with Crippen molar-refractivity contribution < 1.29 is 19.4 Å². The molecular formula is C13H18N2O4. The molecule has 0 aliphatic heterocycles. The van der Waals surface area contributed by atoms with Crippen LogP contribution < -0.4 is 5.32 Å². The molecule has 2 amide bonds. The summed E-state index contributed by atoms with van der Waals surface area (Å²) in [6, 6.07) is 6.45. The normalized spacial score (nSPS) is 11.6. The van der Waals surface area contributed by atoms with Gasteiger partial charge in [-0.05, 0) is 24.6 Å². The van der Waals surface area contributed by atoms with E-state index >= 15 is 0 Å². The molecule has 1 atom stereocenters. The number of urea groups is 1. The number of carbonyl (C=O) groups excluding carboxylic acids is 2. The number of aliphatic hydroxyl groups excluding tert-OH is 1. The molecule has 1 unspecified atom stereocenters. The first-order valence-electron chi connectivity index (χ1n) is 5.81. The van der Waals surface area contributed by atoms with Gasteiger partial charge in [0.05, 0.1) is 13.2 Å². The number of nitrogens with one attached hydrogen (secondary N) is 1. The van der Waals surface area contributed by atoms with Crippen LogP contribution in [0.5, 0.6) is 0 Å². The van der Waals surface area contributed by atoms with Gasteiger partial charge in [-0.1, -0.05) is 12.1 Å². The first-order chi connectivity index (χ1) is 8.93. The van der Waals surface area contributed by atoms with Crippen LogP contribution >= 0.6 is 0 Å². The largest absolute Gasteiger partial charge is 0.468 e. The van der Waals surface area contributed by atoms with Crippen molar-refractivity contribution in [2.45, 2.75) is 13.0 Å². The molecule has 0 spiro atoms.